The van der Waals surface area contributed by atoms with E-state index in [1.807, 2.05) is 6.92 Å². The Morgan fingerprint density at radius 1 is 1.15 bits per heavy atom. The molecule has 0 amide bonds. The molecule has 0 spiro atoms. The Morgan fingerprint density at radius 2 is 1.82 bits per heavy atom. The number of allylic oxidation sites excluding steroid dienone is 1. The molecule has 1 heterocycles. The van der Waals surface area contributed by atoms with Gasteiger partial charge in [0.2, 0.25) is 0 Å². The number of nitrogens with zero attached hydrogens (tertiary/aromatic N) is 2. The molecule has 0 bridgehead atoms. The highest BCUT2D eigenvalue weighted by atomic mass is 19.1. The minimum atomic E-state index is -0.995. The first-order valence-electron chi connectivity index (χ1n) is 10.1. The standard InChI is InChI=1S/C24H23FN4O4/c1-4-28-17-11-10-15(25)12-18(17)29-21(24(31)33-3)20(23(30)32-2)19(16(13-26)22(29)27)14-8-6-5-7-9-14/h5-12,19,28H,4,27H2,1-3H3. The summed E-state index contributed by atoms with van der Waals surface area (Å²) in [7, 11) is 2.31. The van der Waals surface area contributed by atoms with Crippen LogP contribution < -0.4 is 16.0 Å². The molecular formula is C24H23FN4O4. The van der Waals surface area contributed by atoms with E-state index in [4.69, 9.17) is 15.2 Å². The molecular weight excluding hydrogens is 427 g/mol. The third-order valence-electron chi connectivity index (χ3n) is 5.18. The lowest BCUT2D eigenvalue weighted by Crippen LogP contribution is -2.41. The number of carbonyl (C=O) groups excluding carboxylic acids is 2. The van der Waals surface area contributed by atoms with E-state index in [0.29, 0.717) is 17.8 Å². The van der Waals surface area contributed by atoms with Gasteiger partial charge in [-0.25, -0.2) is 14.0 Å². The Hall–Kier alpha value is -4.32. The van der Waals surface area contributed by atoms with Crippen LogP contribution in [0.1, 0.15) is 18.4 Å². The summed E-state index contributed by atoms with van der Waals surface area (Å²) in [6.07, 6.45) is 0. The number of nitrogens with one attached hydrogen (secondary N) is 1. The van der Waals surface area contributed by atoms with Crippen molar-refractivity contribution in [2.24, 2.45) is 5.73 Å². The van der Waals surface area contributed by atoms with Crippen molar-refractivity contribution in [1.29, 1.82) is 5.26 Å². The highest BCUT2D eigenvalue weighted by Gasteiger charge is 2.43. The van der Waals surface area contributed by atoms with Crippen molar-refractivity contribution in [3.63, 3.8) is 0 Å². The van der Waals surface area contributed by atoms with E-state index < -0.39 is 23.7 Å². The number of nitriles is 1. The molecule has 2 aromatic rings. The summed E-state index contributed by atoms with van der Waals surface area (Å²) in [5.74, 6) is -3.49. The van der Waals surface area contributed by atoms with E-state index in [0.717, 1.165) is 25.2 Å². The lowest BCUT2D eigenvalue weighted by molar-refractivity contribution is -0.139. The Balaban J connectivity index is 2.45. The number of esters is 2. The number of hydrogen-bond acceptors (Lipinski definition) is 8. The third-order valence-corrected chi connectivity index (χ3v) is 5.18. The summed E-state index contributed by atoms with van der Waals surface area (Å²) >= 11 is 0. The number of benzene rings is 2. The van der Waals surface area contributed by atoms with Crippen LogP contribution in [0, 0.1) is 17.1 Å². The second-order valence-corrected chi connectivity index (χ2v) is 7.03. The molecule has 0 radical (unpaired) electrons. The first kappa shape index (κ1) is 23.3. The van der Waals surface area contributed by atoms with Gasteiger partial charge in [0, 0.05) is 12.6 Å². The van der Waals surface area contributed by atoms with Crippen LogP contribution in [-0.2, 0) is 19.1 Å². The molecule has 170 valence electrons. The maximum atomic E-state index is 14.3. The summed E-state index contributed by atoms with van der Waals surface area (Å²) in [6, 6.07) is 14.6. The molecule has 33 heavy (non-hydrogen) atoms. The lowest BCUT2D eigenvalue weighted by atomic mass is 9.81. The molecule has 3 rings (SSSR count). The average molecular weight is 450 g/mol. The summed E-state index contributed by atoms with van der Waals surface area (Å²) in [5.41, 5.74) is 7.14. The molecule has 1 aliphatic rings. The van der Waals surface area contributed by atoms with Gasteiger partial charge in [-0.05, 0) is 24.6 Å². The molecule has 8 nitrogen and oxygen atoms in total. The van der Waals surface area contributed by atoms with Crippen LogP contribution in [0.4, 0.5) is 15.8 Å². The van der Waals surface area contributed by atoms with Crippen LogP contribution >= 0.6 is 0 Å². The quantitative estimate of drug-likeness (QED) is 0.645. The van der Waals surface area contributed by atoms with Gasteiger partial charge in [-0.2, -0.15) is 5.26 Å². The SMILES string of the molecule is CCNc1ccc(F)cc1N1C(N)=C(C#N)C(c2ccccc2)C(C(=O)OC)=C1C(=O)OC. The number of carbonyl (C=O) groups is 2. The summed E-state index contributed by atoms with van der Waals surface area (Å²) < 4.78 is 24.3. The monoisotopic (exact) mass is 450 g/mol. The second-order valence-electron chi connectivity index (χ2n) is 7.03. The molecule has 1 unspecified atom stereocenters. The van der Waals surface area contributed by atoms with Gasteiger partial charge < -0.3 is 20.5 Å². The minimum Gasteiger partial charge on any atom is -0.466 e. The van der Waals surface area contributed by atoms with E-state index in [9.17, 15) is 19.2 Å². The summed E-state index contributed by atoms with van der Waals surface area (Å²) in [6.45, 7) is 2.32. The minimum absolute atomic E-state index is 0.000891. The fraction of sp³-hybridized carbons (Fsp3) is 0.208. The van der Waals surface area contributed by atoms with Gasteiger partial charge in [-0.1, -0.05) is 30.3 Å². The van der Waals surface area contributed by atoms with Crippen molar-refractivity contribution in [3.05, 3.63) is 82.6 Å². The van der Waals surface area contributed by atoms with E-state index in [2.05, 4.69) is 11.4 Å². The molecule has 1 atom stereocenters. The Morgan fingerprint density at radius 3 is 2.39 bits per heavy atom. The first-order valence-corrected chi connectivity index (χ1v) is 10.1. The van der Waals surface area contributed by atoms with Crippen LogP contribution in [0.3, 0.4) is 0 Å². The predicted molar refractivity (Wildman–Crippen MR) is 120 cm³/mol. The Bertz CT molecular complexity index is 1180. The highest BCUT2D eigenvalue weighted by Crippen LogP contribution is 2.44. The molecule has 1 aliphatic heterocycles. The van der Waals surface area contributed by atoms with Crippen LogP contribution in [0.2, 0.25) is 0 Å². The number of hydrogen-bond donors (Lipinski definition) is 2. The molecule has 0 saturated heterocycles. The topological polar surface area (TPSA) is 118 Å². The molecule has 3 N–H and O–H groups in total. The second kappa shape index (κ2) is 9.87. The molecule has 0 fully saturated rings. The number of rotatable bonds is 6. The van der Waals surface area contributed by atoms with Crippen molar-refractivity contribution in [2.75, 3.05) is 31.0 Å². The zero-order valence-electron chi connectivity index (χ0n) is 18.4. The smallest absolute Gasteiger partial charge is 0.355 e. The van der Waals surface area contributed by atoms with Crippen LogP contribution in [0.25, 0.3) is 0 Å². The van der Waals surface area contributed by atoms with Gasteiger partial charge in [-0.15, -0.1) is 0 Å². The molecule has 0 saturated carbocycles. The van der Waals surface area contributed by atoms with Crippen LogP contribution in [0.5, 0.6) is 0 Å². The van der Waals surface area contributed by atoms with Crippen molar-refractivity contribution in [2.45, 2.75) is 12.8 Å². The van der Waals surface area contributed by atoms with E-state index in [1.165, 1.54) is 12.1 Å². The van der Waals surface area contributed by atoms with Crippen molar-refractivity contribution >= 4 is 23.3 Å². The van der Waals surface area contributed by atoms with Crippen LogP contribution in [0.15, 0.2) is 71.2 Å². The number of methoxy groups -OCH3 is 2. The van der Waals surface area contributed by atoms with Crippen molar-refractivity contribution in [3.8, 4) is 6.07 Å². The number of nitrogens with two attached hydrogens (primary N) is 1. The normalized spacial score (nSPS) is 15.7. The predicted octanol–water partition coefficient (Wildman–Crippen LogP) is 3.16. The zero-order chi connectivity index (χ0) is 24.1. The molecule has 0 aromatic heterocycles. The largest absolute Gasteiger partial charge is 0.466 e. The lowest BCUT2D eigenvalue weighted by Gasteiger charge is -2.36. The number of halogens is 1. The number of ether oxygens (including phenoxy) is 2. The summed E-state index contributed by atoms with van der Waals surface area (Å²) in [4.78, 5) is 27.2. The Labute approximate surface area is 190 Å². The fourth-order valence-electron chi connectivity index (χ4n) is 3.79. The Kier molecular flexibility index (Phi) is 6.98. The van der Waals surface area contributed by atoms with Gasteiger partial charge in [-0.3, -0.25) is 4.90 Å². The molecule has 2 aromatic carbocycles. The van der Waals surface area contributed by atoms with Gasteiger partial charge in [0.05, 0.1) is 48.7 Å². The van der Waals surface area contributed by atoms with Crippen molar-refractivity contribution < 1.29 is 23.5 Å². The molecule has 9 heteroatoms. The van der Waals surface area contributed by atoms with Crippen LogP contribution in [-0.4, -0.2) is 32.7 Å². The maximum absolute atomic E-state index is 14.3. The molecule has 0 aliphatic carbocycles. The summed E-state index contributed by atoms with van der Waals surface area (Å²) in [5, 5.41) is 13.1. The fourth-order valence-corrected chi connectivity index (χ4v) is 3.79. The van der Waals surface area contributed by atoms with Crippen molar-refractivity contribution in [1.82, 2.24) is 0 Å². The third kappa shape index (κ3) is 4.23. The highest BCUT2D eigenvalue weighted by molar-refractivity contribution is 6.07. The number of anilines is 2. The van der Waals surface area contributed by atoms with Gasteiger partial charge in [0.25, 0.3) is 0 Å². The van der Waals surface area contributed by atoms with E-state index >= 15 is 0 Å². The van der Waals surface area contributed by atoms with E-state index in [-0.39, 0.29) is 28.4 Å². The van der Waals surface area contributed by atoms with Gasteiger partial charge in [0.15, 0.2) is 0 Å². The first-order chi connectivity index (χ1) is 15.9. The van der Waals surface area contributed by atoms with Gasteiger partial charge in [0.1, 0.15) is 17.3 Å². The zero-order valence-corrected chi connectivity index (χ0v) is 18.4. The maximum Gasteiger partial charge on any atom is 0.355 e. The average Bonchev–Trinajstić information content (AvgIpc) is 2.84. The van der Waals surface area contributed by atoms with E-state index in [1.54, 1.807) is 30.3 Å². The van der Waals surface area contributed by atoms with Gasteiger partial charge >= 0.3 is 11.9 Å².